The number of nitrogens with two attached hydrogens (primary N) is 1. The summed E-state index contributed by atoms with van der Waals surface area (Å²) in [5.74, 6) is 5.98. The number of hydrogen-bond donors (Lipinski definition) is 2. The van der Waals surface area contributed by atoms with Crippen LogP contribution in [0.4, 0.5) is 17.2 Å². The quantitative estimate of drug-likeness (QED) is 0.0413. The standard InChI is InChI=1S/C52H56N7O12P3/c1-7-57-40-26-23-34-16-11-13-19-38(34)47(40)51(2,3)42(57)21-9-8-10-22-43-52(4,5)48-39-20-14-12-17-35(39)24-27-41(48)58(43)31-44(60)54-29-15-18-36-30-59(50-46(36)49(53)55-33-56-50)45-28-25-37(69-45)32-68-73(63,64)71-74(65,66)70-72(61,62)67-6/h8-14,16-17,19-24,26-27,30,33,37,45H,7,25,28-29,31-32H2,1-6H3,(H5-,53,54,55,56,60,61,62,63,64,65,66)/p-2. The van der Waals surface area contributed by atoms with E-state index in [9.17, 15) is 33.2 Å². The van der Waals surface area contributed by atoms with Gasteiger partial charge >= 0.3 is 0 Å². The number of fused-ring (bicyclic) bond motifs is 7. The number of allylic oxidation sites excluding steroid dienone is 6. The van der Waals surface area contributed by atoms with Crippen molar-refractivity contribution < 1.29 is 60.2 Å². The summed E-state index contributed by atoms with van der Waals surface area (Å²) >= 11 is 0. The van der Waals surface area contributed by atoms with Gasteiger partial charge in [0.2, 0.25) is 12.2 Å². The van der Waals surface area contributed by atoms with Crippen LogP contribution in [-0.2, 0) is 51.7 Å². The molecule has 0 bridgehead atoms. The minimum absolute atomic E-state index is 0.00981. The SMILES string of the molecule is CCN1/C(=C/C=C/C=C/C2=[N+](CC(=O)NCC#Cc3cn(C4CCC(COP(=O)([O-])OP(=O)([O-])OP(=O)([O-])OC)O4)c4ncnc(N)c34)c3ccc4ccccc4c3C2(C)C)C(C)(C)c2c1ccc1ccccc21. The highest BCUT2D eigenvalue weighted by molar-refractivity contribution is 7.65. The number of phosphoric acid groups is 3. The minimum Gasteiger partial charge on any atom is -0.756 e. The zero-order valence-corrected chi connectivity index (χ0v) is 44.1. The van der Waals surface area contributed by atoms with Crippen LogP contribution in [0, 0.1) is 11.8 Å². The summed E-state index contributed by atoms with van der Waals surface area (Å²) < 4.78 is 61.3. The van der Waals surface area contributed by atoms with Crippen LogP contribution in [0.25, 0.3) is 32.6 Å². The van der Waals surface area contributed by atoms with E-state index in [0.717, 1.165) is 34.3 Å². The minimum atomic E-state index is -5.95. The first-order valence-electron chi connectivity index (χ1n) is 23.8. The number of carbonyl (C=O) groups is 1. The van der Waals surface area contributed by atoms with Crippen LogP contribution in [0.3, 0.4) is 0 Å². The third-order valence-electron chi connectivity index (χ3n) is 13.5. The van der Waals surface area contributed by atoms with Gasteiger partial charge in [-0.3, -0.25) is 18.5 Å². The van der Waals surface area contributed by atoms with Crippen LogP contribution in [-0.4, -0.2) is 70.2 Å². The second-order valence-corrected chi connectivity index (χ2v) is 23.5. The Bertz CT molecular complexity index is 3580. The fourth-order valence-corrected chi connectivity index (χ4v) is 13.5. The maximum absolute atomic E-state index is 13.9. The number of nitrogens with zero attached hydrogens (tertiary/aromatic N) is 5. The zero-order valence-electron chi connectivity index (χ0n) is 41.4. The number of hydrogen-bond acceptors (Lipinski definition) is 16. The molecule has 386 valence electrons. The van der Waals surface area contributed by atoms with Crippen molar-refractivity contribution in [1.29, 1.82) is 0 Å². The summed E-state index contributed by atoms with van der Waals surface area (Å²) in [4.78, 5) is 60.3. The summed E-state index contributed by atoms with van der Waals surface area (Å²) in [5.41, 5.74) is 13.2. The number of anilines is 2. The van der Waals surface area contributed by atoms with Crippen molar-refractivity contribution in [3.63, 3.8) is 0 Å². The summed E-state index contributed by atoms with van der Waals surface area (Å²) in [6, 6.07) is 25.4. The molecule has 3 aliphatic heterocycles. The van der Waals surface area contributed by atoms with Crippen LogP contribution >= 0.6 is 23.5 Å². The molecule has 9 rings (SSSR count). The van der Waals surface area contributed by atoms with Crippen LogP contribution in [0.15, 0.2) is 121 Å². The van der Waals surface area contributed by atoms with Gasteiger partial charge < -0.3 is 49.0 Å². The van der Waals surface area contributed by atoms with E-state index < -0.39 is 47.8 Å². The van der Waals surface area contributed by atoms with Crippen molar-refractivity contribution in [2.75, 3.05) is 44.0 Å². The number of aromatic nitrogens is 3. The Kier molecular flexibility index (Phi) is 14.7. The number of likely N-dealkylation sites (N-methyl/N-ethyl adjacent to an activating group) is 1. The van der Waals surface area contributed by atoms with Crippen LogP contribution in [0.5, 0.6) is 0 Å². The molecule has 1 fully saturated rings. The Hall–Kier alpha value is -6.09. The van der Waals surface area contributed by atoms with E-state index in [1.54, 1.807) is 10.8 Å². The van der Waals surface area contributed by atoms with Gasteiger partial charge in [0.15, 0.2) is 5.71 Å². The van der Waals surface area contributed by atoms with E-state index in [1.807, 2.05) is 24.3 Å². The molecule has 0 aliphatic carbocycles. The molecule has 0 radical (unpaired) electrons. The second kappa shape index (κ2) is 20.6. The topological polar surface area (TPSA) is 259 Å². The van der Waals surface area contributed by atoms with Crippen molar-refractivity contribution in [3.8, 4) is 11.8 Å². The zero-order chi connectivity index (χ0) is 52.8. The molecule has 4 aromatic carbocycles. The number of amides is 1. The van der Waals surface area contributed by atoms with Crippen LogP contribution in [0.1, 0.15) is 70.4 Å². The Morgan fingerprint density at radius 2 is 1.58 bits per heavy atom. The van der Waals surface area contributed by atoms with Gasteiger partial charge in [-0.15, -0.1) is 0 Å². The summed E-state index contributed by atoms with van der Waals surface area (Å²) in [6.45, 7) is 11.3. The maximum Gasteiger partial charge on any atom is 0.286 e. The van der Waals surface area contributed by atoms with Crippen LogP contribution in [0.2, 0.25) is 0 Å². The molecular formula is C52H54N7O12P3-2. The van der Waals surface area contributed by atoms with Crippen molar-refractivity contribution in [2.24, 2.45) is 0 Å². The van der Waals surface area contributed by atoms with Crippen molar-refractivity contribution in [2.45, 2.75) is 70.6 Å². The highest BCUT2D eigenvalue weighted by Gasteiger charge is 2.46. The molecule has 5 atom stereocenters. The Morgan fingerprint density at radius 3 is 2.30 bits per heavy atom. The molecule has 3 N–H and O–H groups in total. The molecule has 0 spiro atoms. The lowest BCUT2D eigenvalue weighted by Gasteiger charge is -2.33. The average molecular weight is 1060 g/mol. The molecule has 1 saturated heterocycles. The van der Waals surface area contributed by atoms with Crippen molar-refractivity contribution >= 4 is 84.9 Å². The van der Waals surface area contributed by atoms with Gasteiger partial charge in [-0.25, -0.2) is 18.6 Å². The van der Waals surface area contributed by atoms with E-state index in [-0.39, 0.29) is 36.7 Å². The van der Waals surface area contributed by atoms with E-state index in [0.29, 0.717) is 30.1 Å². The monoisotopic (exact) mass is 1060 g/mol. The maximum atomic E-state index is 13.9. The van der Waals surface area contributed by atoms with Gasteiger partial charge in [0.05, 0.1) is 35.6 Å². The van der Waals surface area contributed by atoms with Gasteiger partial charge in [-0.05, 0) is 78.9 Å². The second-order valence-electron chi connectivity index (χ2n) is 18.9. The first-order chi connectivity index (χ1) is 35.1. The molecule has 3 aliphatic rings. The third kappa shape index (κ3) is 10.5. The van der Waals surface area contributed by atoms with E-state index in [4.69, 9.17) is 10.5 Å². The van der Waals surface area contributed by atoms with Gasteiger partial charge in [-0.2, -0.15) is 4.58 Å². The number of nitrogens with one attached hydrogen (secondary N) is 1. The molecule has 1 amide bonds. The van der Waals surface area contributed by atoms with Crippen LogP contribution < -0.4 is 30.6 Å². The highest BCUT2D eigenvalue weighted by Crippen LogP contribution is 2.63. The average Bonchev–Trinajstić information content (AvgIpc) is 4.08. The van der Waals surface area contributed by atoms with Crippen molar-refractivity contribution in [1.82, 2.24) is 19.9 Å². The summed E-state index contributed by atoms with van der Waals surface area (Å²) in [5, 5.41) is 8.09. The lowest BCUT2D eigenvalue weighted by Crippen LogP contribution is -2.34. The Balaban J connectivity index is 0.905. The van der Waals surface area contributed by atoms with Gasteiger partial charge in [0.1, 0.15) is 24.0 Å². The summed E-state index contributed by atoms with van der Waals surface area (Å²) in [7, 11) is -16.4. The first kappa shape index (κ1) is 52.8. The normalized spacial score (nSPS) is 21.0. The van der Waals surface area contributed by atoms with E-state index in [1.165, 1.54) is 34.0 Å². The van der Waals surface area contributed by atoms with E-state index >= 15 is 0 Å². The molecular weight excluding hydrogens is 1010 g/mol. The lowest BCUT2D eigenvalue weighted by atomic mass is 9.79. The molecule has 5 heterocycles. The number of nitrogen functional groups attached to an aromatic ring is 1. The highest BCUT2D eigenvalue weighted by atomic mass is 31.3. The number of phosphoric ester groups is 2. The van der Waals surface area contributed by atoms with Gasteiger partial charge in [0, 0.05) is 54.4 Å². The Morgan fingerprint density at radius 1 is 0.892 bits per heavy atom. The fourth-order valence-electron chi connectivity index (χ4n) is 10.3. The molecule has 5 unspecified atom stereocenters. The third-order valence-corrected chi connectivity index (χ3v) is 17.6. The molecule has 19 nitrogen and oxygen atoms in total. The molecule has 2 aromatic heterocycles. The number of rotatable bonds is 16. The number of benzene rings is 4. The van der Waals surface area contributed by atoms with E-state index in [2.05, 4.69) is 168 Å². The molecule has 6 aromatic rings. The number of ether oxygens (including phenoxy) is 1. The first-order valence-corrected chi connectivity index (χ1v) is 28.1. The molecule has 74 heavy (non-hydrogen) atoms. The molecule has 22 heteroatoms. The number of carbonyl (C=O) groups excluding carboxylic acids is 1. The van der Waals surface area contributed by atoms with Gasteiger partial charge in [-0.1, -0.05) is 98.5 Å². The fraction of sp³-hybridized carbons (Fsp3) is 0.308. The predicted molar refractivity (Wildman–Crippen MR) is 276 cm³/mol. The lowest BCUT2D eigenvalue weighted by molar-refractivity contribution is -0.425. The predicted octanol–water partition coefficient (Wildman–Crippen LogP) is 7.46. The largest absolute Gasteiger partial charge is 0.756 e. The smallest absolute Gasteiger partial charge is 0.286 e. The summed E-state index contributed by atoms with van der Waals surface area (Å²) in [6.07, 6.45) is 12.4. The van der Waals surface area contributed by atoms with Gasteiger partial charge in [0.25, 0.3) is 29.4 Å². The molecule has 0 saturated carbocycles. The van der Waals surface area contributed by atoms with Crippen molar-refractivity contribution in [3.05, 3.63) is 138 Å². The Labute approximate surface area is 427 Å².